The van der Waals surface area contributed by atoms with Gasteiger partial charge in [0, 0.05) is 23.1 Å². The second kappa shape index (κ2) is 9.09. The lowest BCUT2D eigenvalue weighted by Crippen LogP contribution is -2.45. The Hall–Kier alpha value is -1.27. The van der Waals surface area contributed by atoms with Gasteiger partial charge in [-0.2, -0.15) is 0 Å². The van der Waals surface area contributed by atoms with E-state index in [4.69, 9.17) is 0 Å². The second-order valence-corrected chi connectivity index (χ2v) is 9.09. The molecular weight excluding hydrogens is 410 g/mol. The van der Waals surface area contributed by atoms with Crippen molar-refractivity contribution in [3.63, 3.8) is 0 Å². The zero-order valence-electron chi connectivity index (χ0n) is 16.4. The highest BCUT2D eigenvalue weighted by molar-refractivity contribution is 9.10. The van der Waals surface area contributed by atoms with Crippen LogP contribution in [0.1, 0.15) is 41.5 Å². The van der Waals surface area contributed by atoms with Gasteiger partial charge in [0.05, 0.1) is 17.1 Å². The number of hydrogen-bond donors (Lipinski definition) is 0. The third-order valence-electron chi connectivity index (χ3n) is 4.27. The average molecular weight is 438 g/mol. The van der Waals surface area contributed by atoms with Crippen LogP contribution in [0.15, 0.2) is 40.1 Å². The maximum Gasteiger partial charge on any atom is 0.236 e. The van der Waals surface area contributed by atoms with Crippen LogP contribution in [0.4, 0.5) is 0 Å². The largest absolute Gasteiger partial charge is 0.337 e. The van der Waals surface area contributed by atoms with Crippen LogP contribution < -0.4 is 0 Å². The molecule has 0 radical (unpaired) electrons. The van der Waals surface area contributed by atoms with Gasteiger partial charge in [0.25, 0.3) is 0 Å². The van der Waals surface area contributed by atoms with Crippen LogP contribution >= 0.6 is 27.7 Å². The molecule has 1 unspecified atom stereocenters. The van der Waals surface area contributed by atoms with Gasteiger partial charge in [-0.25, -0.2) is 4.98 Å². The lowest BCUT2D eigenvalue weighted by Gasteiger charge is -2.32. The summed E-state index contributed by atoms with van der Waals surface area (Å²) < 4.78 is 3.23. The highest BCUT2D eigenvalue weighted by Crippen LogP contribution is 2.30. The maximum absolute atomic E-state index is 12.9. The van der Waals surface area contributed by atoms with Crippen LogP contribution in [0.2, 0.25) is 0 Å². The summed E-state index contributed by atoms with van der Waals surface area (Å²) in [4.78, 5) is 19.5. The van der Waals surface area contributed by atoms with Gasteiger partial charge in [0.2, 0.25) is 5.91 Å². The lowest BCUT2D eigenvalue weighted by molar-refractivity contribution is -0.133. The van der Waals surface area contributed by atoms with Crippen molar-refractivity contribution in [1.82, 2.24) is 14.5 Å². The molecule has 0 aliphatic carbocycles. The maximum atomic E-state index is 12.9. The number of hydrogen-bond acceptors (Lipinski definition) is 3. The van der Waals surface area contributed by atoms with Gasteiger partial charge in [0.15, 0.2) is 5.16 Å². The van der Waals surface area contributed by atoms with Crippen LogP contribution in [0.3, 0.4) is 0 Å². The quantitative estimate of drug-likeness (QED) is 0.539. The molecule has 0 aliphatic rings. The number of aromatic nitrogens is 2. The Balaban J connectivity index is 2.24. The minimum absolute atomic E-state index is 0.163. The number of imidazole rings is 1. The third-order valence-corrected chi connectivity index (χ3v) is 5.89. The zero-order valence-corrected chi connectivity index (χ0v) is 18.8. The first-order chi connectivity index (χ1) is 12.3. The molecule has 1 aromatic carbocycles. The Bertz CT molecular complexity index is 732. The lowest BCUT2D eigenvalue weighted by atomic mass is 10.2. The molecule has 0 bridgehead atoms. The van der Waals surface area contributed by atoms with E-state index in [0.717, 1.165) is 27.4 Å². The summed E-state index contributed by atoms with van der Waals surface area (Å²) in [5.41, 5.74) is 2.20. The van der Waals surface area contributed by atoms with Crippen LogP contribution in [0, 0.1) is 0 Å². The Morgan fingerprint density at radius 1 is 1.15 bits per heavy atom. The van der Waals surface area contributed by atoms with Crippen molar-refractivity contribution in [2.24, 2.45) is 0 Å². The Morgan fingerprint density at radius 2 is 1.73 bits per heavy atom. The molecular formula is C20H28BrN3OS. The van der Waals surface area contributed by atoms with E-state index in [-0.39, 0.29) is 23.2 Å². The Morgan fingerprint density at radius 3 is 2.23 bits per heavy atom. The van der Waals surface area contributed by atoms with E-state index in [0.29, 0.717) is 0 Å². The topological polar surface area (TPSA) is 38.1 Å². The number of carbonyl (C=O) groups is 1. The van der Waals surface area contributed by atoms with E-state index in [9.17, 15) is 4.79 Å². The second-order valence-electron chi connectivity index (χ2n) is 6.87. The fourth-order valence-corrected chi connectivity index (χ4v) is 4.40. The summed E-state index contributed by atoms with van der Waals surface area (Å²) in [6, 6.07) is 8.60. The van der Waals surface area contributed by atoms with E-state index in [2.05, 4.69) is 72.2 Å². The van der Waals surface area contributed by atoms with E-state index < -0.39 is 0 Å². The summed E-state index contributed by atoms with van der Waals surface area (Å²) in [7, 11) is 0. The summed E-state index contributed by atoms with van der Waals surface area (Å²) in [5, 5.41) is 0.712. The first-order valence-corrected chi connectivity index (χ1v) is 10.7. The Labute approximate surface area is 169 Å². The molecule has 2 rings (SSSR count). The highest BCUT2D eigenvalue weighted by atomic mass is 79.9. The van der Waals surface area contributed by atoms with E-state index >= 15 is 0 Å². The summed E-state index contributed by atoms with van der Waals surface area (Å²) in [6.45, 7) is 13.1. The summed E-state index contributed by atoms with van der Waals surface area (Å²) >= 11 is 5.01. The molecule has 1 heterocycles. The standard InChI is InChI=1S/C20H28BrN3OS/c1-7-23-18(16-8-10-17(21)11-9-16)12-22-20(23)26-15(6)19(25)24(13(2)3)14(4)5/h8-15H,7H2,1-6H3. The third kappa shape index (κ3) is 4.71. The number of halogens is 1. The molecule has 0 saturated heterocycles. The number of benzene rings is 1. The van der Waals surface area contributed by atoms with Crippen molar-refractivity contribution < 1.29 is 4.79 Å². The fraction of sp³-hybridized carbons (Fsp3) is 0.500. The van der Waals surface area contributed by atoms with Gasteiger partial charge in [0.1, 0.15) is 0 Å². The van der Waals surface area contributed by atoms with E-state index in [1.165, 1.54) is 11.8 Å². The van der Waals surface area contributed by atoms with Crippen LogP contribution in [-0.4, -0.2) is 37.7 Å². The Kier molecular flexibility index (Phi) is 7.35. The minimum Gasteiger partial charge on any atom is -0.337 e. The predicted molar refractivity (Wildman–Crippen MR) is 113 cm³/mol. The monoisotopic (exact) mass is 437 g/mol. The predicted octanol–water partition coefficient (Wildman–Crippen LogP) is 5.46. The minimum atomic E-state index is -0.176. The number of thioether (sulfide) groups is 1. The molecule has 0 N–H and O–H groups in total. The summed E-state index contributed by atoms with van der Waals surface area (Å²) in [5.74, 6) is 0.163. The molecule has 0 saturated carbocycles. The zero-order chi connectivity index (χ0) is 19.4. The molecule has 4 nitrogen and oxygen atoms in total. The summed E-state index contributed by atoms with van der Waals surface area (Å²) in [6.07, 6.45) is 1.90. The van der Waals surface area contributed by atoms with Crippen molar-refractivity contribution in [2.45, 2.75) is 70.6 Å². The van der Waals surface area contributed by atoms with Gasteiger partial charge in [-0.1, -0.05) is 39.8 Å². The molecule has 6 heteroatoms. The van der Waals surface area contributed by atoms with Crippen LogP contribution in [0.5, 0.6) is 0 Å². The molecule has 2 aromatic rings. The number of rotatable bonds is 7. The smallest absolute Gasteiger partial charge is 0.236 e. The SMILES string of the molecule is CCn1c(-c2ccc(Br)cc2)cnc1SC(C)C(=O)N(C(C)C)C(C)C. The van der Waals surface area contributed by atoms with Gasteiger partial charge in [-0.3, -0.25) is 4.79 Å². The fourth-order valence-electron chi connectivity index (χ4n) is 3.13. The molecule has 0 spiro atoms. The molecule has 0 aliphatic heterocycles. The van der Waals surface area contributed by atoms with Gasteiger partial charge < -0.3 is 9.47 Å². The molecule has 0 fully saturated rings. The number of amides is 1. The van der Waals surface area contributed by atoms with Gasteiger partial charge in [-0.05, 0) is 59.2 Å². The first kappa shape index (κ1) is 21.0. The van der Waals surface area contributed by atoms with E-state index in [1.807, 2.05) is 30.2 Å². The molecule has 1 amide bonds. The first-order valence-electron chi connectivity index (χ1n) is 9.06. The molecule has 1 atom stereocenters. The van der Waals surface area contributed by atoms with Crippen LogP contribution in [0.25, 0.3) is 11.3 Å². The van der Waals surface area contributed by atoms with Crippen molar-refractivity contribution in [3.05, 3.63) is 34.9 Å². The number of carbonyl (C=O) groups excluding carboxylic acids is 1. The average Bonchev–Trinajstić information content (AvgIpc) is 2.97. The molecule has 26 heavy (non-hydrogen) atoms. The van der Waals surface area contributed by atoms with Gasteiger partial charge in [-0.15, -0.1) is 0 Å². The van der Waals surface area contributed by atoms with Crippen molar-refractivity contribution in [2.75, 3.05) is 0 Å². The molecule has 1 aromatic heterocycles. The molecule has 142 valence electrons. The van der Waals surface area contributed by atoms with Crippen molar-refractivity contribution in [1.29, 1.82) is 0 Å². The highest BCUT2D eigenvalue weighted by Gasteiger charge is 2.27. The van der Waals surface area contributed by atoms with E-state index in [1.54, 1.807) is 0 Å². The number of nitrogens with zero attached hydrogens (tertiary/aromatic N) is 3. The normalized spacial score (nSPS) is 12.7. The van der Waals surface area contributed by atoms with Crippen molar-refractivity contribution >= 4 is 33.6 Å². The van der Waals surface area contributed by atoms with Crippen LogP contribution in [-0.2, 0) is 11.3 Å². The van der Waals surface area contributed by atoms with Crippen molar-refractivity contribution in [3.8, 4) is 11.3 Å². The van der Waals surface area contributed by atoms with Gasteiger partial charge >= 0.3 is 0 Å².